The number of amides is 2. The molecule has 6 heteroatoms. The van der Waals surface area contributed by atoms with E-state index in [0.717, 1.165) is 11.1 Å². The van der Waals surface area contributed by atoms with Gasteiger partial charge in [0.1, 0.15) is 17.5 Å². The molecular weight excluding hydrogens is 306 g/mol. The molecule has 0 radical (unpaired) electrons. The van der Waals surface area contributed by atoms with Gasteiger partial charge in [0.15, 0.2) is 0 Å². The first-order valence-electron chi connectivity index (χ1n) is 8.25. The molecule has 2 N–H and O–H groups in total. The number of carbonyl (C=O) groups excluding carboxylic acids is 2. The number of rotatable bonds is 1. The lowest BCUT2D eigenvalue weighted by Crippen LogP contribution is -2.45. The minimum Gasteiger partial charge on any atom is -0.444 e. The molecule has 0 unspecified atom stereocenters. The van der Waals surface area contributed by atoms with Crippen molar-refractivity contribution in [1.29, 1.82) is 0 Å². The molecule has 2 heterocycles. The lowest BCUT2D eigenvalue weighted by molar-refractivity contribution is -0.118. The van der Waals surface area contributed by atoms with Crippen LogP contribution in [0.1, 0.15) is 59.1 Å². The van der Waals surface area contributed by atoms with E-state index in [2.05, 4.69) is 42.5 Å². The Kier molecular flexibility index (Phi) is 4.87. The number of aromatic nitrogens is 1. The molecule has 2 rings (SSSR count). The number of hydrogen-bond acceptors (Lipinski definition) is 4. The van der Waals surface area contributed by atoms with Crippen LogP contribution in [-0.2, 0) is 21.4 Å². The van der Waals surface area contributed by atoms with Crippen LogP contribution in [0.15, 0.2) is 12.3 Å². The van der Waals surface area contributed by atoms with Gasteiger partial charge in [-0.05, 0) is 50.2 Å². The number of pyridine rings is 1. The highest BCUT2D eigenvalue weighted by molar-refractivity contribution is 5.97. The molecule has 1 aromatic heterocycles. The largest absolute Gasteiger partial charge is 0.444 e. The summed E-state index contributed by atoms with van der Waals surface area (Å²) >= 11 is 0. The van der Waals surface area contributed by atoms with Gasteiger partial charge in [0.2, 0.25) is 5.91 Å². The van der Waals surface area contributed by atoms with Crippen molar-refractivity contribution in [3.63, 3.8) is 0 Å². The van der Waals surface area contributed by atoms with Crippen LogP contribution in [0.2, 0.25) is 0 Å². The highest BCUT2D eigenvalue weighted by atomic mass is 16.6. The number of ether oxygens (including phenoxy) is 1. The van der Waals surface area contributed by atoms with Gasteiger partial charge in [-0.25, -0.2) is 9.78 Å². The van der Waals surface area contributed by atoms with Crippen LogP contribution < -0.4 is 10.6 Å². The Morgan fingerprint density at radius 1 is 1.29 bits per heavy atom. The molecule has 132 valence electrons. The fourth-order valence-corrected chi connectivity index (χ4v) is 2.45. The van der Waals surface area contributed by atoms with E-state index in [1.165, 1.54) is 0 Å². The average Bonchev–Trinajstić information content (AvgIpc) is 2.55. The number of anilines is 1. The zero-order valence-electron chi connectivity index (χ0n) is 15.3. The maximum Gasteiger partial charge on any atom is 0.408 e. The van der Waals surface area contributed by atoms with E-state index in [1.54, 1.807) is 27.0 Å². The molecule has 0 spiro atoms. The standard InChI is InChI=1S/C18H27N3O3/c1-17(2,3)12-9-11-7-8-13(15(22)21-14(11)19-10-12)20-16(23)24-18(4,5)6/h9-10,13H,7-8H2,1-6H3,(H,20,23)(H,19,21,22)/t13-/m0/s1. The fourth-order valence-electron chi connectivity index (χ4n) is 2.45. The molecule has 1 aliphatic heterocycles. The quantitative estimate of drug-likeness (QED) is 0.827. The minimum absolute atomic E-state index is 0.00743. The molecule has 24 heavy (non-hydrogen) atoms. The summed E-state index contributed by atoms with van der Waals surface area (Å²) < 4.78 is 5.22. The van der Waals surface area contributed by atoms with Gasteiger partial charge in [0, 0.05) is 6.20 Å². The number of hydrogen-bond donors (Lipinski definition) is 2. The topological polar surface area (TPSA) is 80.3 Å². The van der Waals surface area contributed by atoms with Crippen LogP contribution >= 0.6 is 0 Å². The third-order valence-corrected chi connectivity index (χ3v) is 3.78. The molecule has 6 nitrogen and oxygen atoms in total. The summed E-state index contributed by atoms with van der Waals surface area (Å²) in [6.45, 7) is 11.7. The van der Waals surface area contributed by atoms with Gasteiger partial charge in [-0.3, -0.25) is 4.79 Å². The lowest BCUT2D eigenvalue weighted by Gasteiger charge is -2.22. The maximum absolute atomic E-state index is 12.3. The van der Waals surface area contributed by atoms with Crippen molar-refractivity contribution in [2.75, 3.05) is 5.32 Å². The summed E-state index contributed by atoms with van der Waals surface area (Å²) in [4.78, 5) is 28.6. The van der Waals surface area contributed by atoms with Crippen LogP contribution in [0, 0.1) is 0 Å². The number of alkyl carbamates (subject to hydrolysis) is 1. The van der Waals surface area contributed by atoms with Crippen molar-refractivity contribution in [2.24, 2.45) is 0 Å². The molecule has 0 aromatic carbocycles. The second-order valence-electron chi connectivity index (χ2n) is 8.21. The molecule has 1 aromatic rings. The second-order valence-corrected chi connectivity index (χ2v) is 8.21. The SMILES string of the molecule is CC(C)(C)OC(=O)N[C@H]1CCc2cc(C(C)(C)C)cnc2NC1=O. The van der Waals surface area contributed by atoms with Gasteiger partial charge in [-0.1, -0.05) is 26.8 Å². The summed E-state index contributed by atoms with van der Waals surface area (Å²) in [6.07, 6.45) is 2.37. The first kappa shape index (κ1) is 18.2. The van der Waals surface area contributed by atoms with Crippen molar-refractivity contribution in [3.8, 4) is 0 Å². The van der Waals surface area contributed by atoms with Crippen LogP contribution in [0.3, 0.4) is 0 Å². The summed E-state index contributed by atoms with van der Waals surface area (Å²) in [7, 11) is 0. The molecule has 0 saturated heterocycles. The van der Waals surface area contributed by atoms with Crippen molar-refractivity contribution in [2.45, 2.75) is 71.4 Å². The smallest absolute Gasteiger partial charge is 0.408 e. The number of nitrogens with one attached hydrogen (secondary N) is 2. The van der Waals surface area contributed by atoms with Gasteiger partial charge in [0.25, 0.3) is 0 Å². The molecule has 2 amide bonds. The molecular formula is C18H27N3O3. The van der Waals surface area contributed by atoms with Crippen molar-refractivity contribution >= 4 is 17.8 Å². The van der Waals surface area contributed by atoms with Gasteiger partial charge >= 0.3 is 6.09 Å². The Morgan fingerprint density at radius 2 is 1.96 bits per heavy atom. The van der Waals surface area contributed by atoms with Crippen LogP contribution in [0.25, 0.3) is 0 Å². The monoisotopic (exact) mass is 333 g/mol. The van der Waals surface area contributed by atoms with Gasteiger partial charge < -0.3 is 15.4 Å². The number of fused-ring (bicyclic) bond motifs is 1. The maximum atomic E-state index is 12.3. The zero-order chi connectivity index (χ0) is 18.1. The third-order valence-electron chi connectivity index (χ3n) is 3.78. The van der Waals surface area contributed by atoms with Crippen molar-refractivity contribution in [3.05, 3.63) is 23.4 Å². The van der Waals surface area contributed by atoms with E-state index < -0.39 is 17.7 Å². The van der Waals surface area contributed by atoms with E-state index in [9.17, 15) is 9.59 Å². The first-order valence-corrected chi connectivity index (χ1v) is 8.25. The zero-order valence-corrected chi connectivity index (χ0v) is 15.3. The molecule has 0 bridgehead atoms. The van der Waals surface area contributed by atoms with Crippen molar-refractivity contribution < 1.29 is 14.3 Å². The molecule has 0 saturated carbocycles. The Labute approximate surface area is 143 Å². The highest BCUT2D eigenvalue weighted by Gasteiger charge is 2.28. The predicted octanol–water partition coefficient (Wildman–Crippen LogP) is 3.16. The van der Waals surface area contributed by atoms with E-state index in [0.29, 0.717) is 18.7 Å². The third kappa shape index (κ3) is 4.69. The first-order chi connectivity index (χ1) is 11.0. The summed E-state index contributed by atoms with van der Waals surface area (Å²) in [6, 6.07) is 1.45. The Morgan fingerprint density at radius 3 is 2.54 bits per heavy atom. The Hall–Kier alpha value is -2.11. The van der Waals surface area contributed by atoms with E-state index in [1.807, 2.05) is 0 Å². The Bertz CT molecular complexity index is 642. The Balaban J connectivity index is 2.12. The second kappa shape index (κ2) is 6.42. The van der Waals surface area contributed by atoms with Crippen molar-refractivity contribution in [1.82, 2.24) is 10.3 Å². The number of carbonyl (C=O) groups is 2. The molecule has 1 atom stereocenters. The predicted molar refractivity (Wildman–Crippen MR) is 93.0 cm³/mol. The highest BCUT2D eigenvalue weighted by Crippen LogP contribution is 2.27. The number of aryl methyl sites for hydroxylation is 1. The summed E-state index contributed by atoms with van der Waals surface area (Å²) in [5.41, 5.74) is 1.50. The van der Waals surface area contributed by atoms with Gasteiger partial charge in [-0.2, -0.15) is 0 Å². The van der Waals surface area contributed by atoms with Gasteiger partial charge in [0.05, 0.1) is 0 Å². The number of nitrogens with zero attached hydrogens (tertiary/aromatic N) is 1. The summed E-state index contributed by atoms with van der Waals surface area (Å²) in [5.74, 6) is 0.303. The molecule has 1 aliphatic rings. The van der Waals surface area contributed by atoms with E-state index in [-0.39, 0.29) is 11.3 Å². The fraction of sp³-hybridized carbons (Fsp3) is 0.611. The van der Waals surface area contributed by atoms with Crippen LogP contribution in [0.4, 0.5) is 10.6 Å². The summed E-state index contributed by atoms with van der Waals surface area (Å²) in [5, 5.41) is 5.44. The molecule has 0 fully saturated rings. The van der Waals surface area contributed by atoms with Crippen LogP contribution in [0.5, 0.6) is 0 Å². The van der Waals surface area contributed by atoms with Gasteiger partial charge in [-0.15, -0.1) is 0 Å². The lowest BCUT2D eigenvalue weighted by atomic mass is 9.87. The van der Waals surface area contributed by atoms with Crippen LogP contribution in [-0.4, -0.2) is 28.6 Å². The minimum atomic E-state index is -0.632. The van der Waals surface area contributed by atoms with E-state index in [4.69, 9.17) is 4.74 Å². The normalized spacial score (nSPS) is 18.2. The average molecular weight is 333 g/mol. The van der Waals surface area contributed by atoms with E-state index >= 15 is 0 Å². The molecule has 0 aliphatic carbocycles.